The van der Waals surface area contributed by atoms with Crippen LogP contribution in [0.1, 0.15) is 11.7 Å². The molecule has 0 spiro atoms. The summed E-state index contributed by atoms with van der Waals surface area (Å²) in [5.74, 6) is 0.991. The van der Waals surface area contributed by atoms with Gasteiger partial charge in [-0.15, -0.1) is 0 Å². The number of morpholine rings is 1. The number of benzene rings is 2. The summed E-state index contributed by atoms with van der Waals surface area (Å²) in [6.45, 7) is 3.57. The highest BCUT2D eigenvalue weighted by Crippen LogP contribution is 2.18. The minimum absolute atomic E-state index is 0.0441. The van der Waals surface area contributed by atoms with E-state index in [-0.39, 0.29) is 5.91 Å². The number of anilines is 4. The number of nitrogens with zero attached hydrogens (tertiary/aromatic N) is 3. The predicted molar refractivity (Wildman–Crippen MR) is 128 cm³/mol. The van der Waals surface area contributed by atoms with Gasteiger partial charge in [-0.05, 0) is 35.9 Å². The van der Waals surface area contributed by atoms with E-state index in [0.717, 1.165) is 30.0 Å². The Morgan fingerprint density at radius 3 is 2.52 bits per heavy atom. The molecule has 1 atom stereocenters. The minimum atomic E-state index is -0.636. The van der Waals surface area contributed by atoms with Gasteiger partial charge in [0.1, 0.15) is 5.82 Å². The number of aliphatic hydroxyl groups is 1. The molecule has 2 aromatic carbocycles. The van der Waals surface area contributed by atoms with Gasteiger partial charge in [-0.25, -0.2) is 4.98 Å². The lowest BCUT2D eigenvalue weighted by molar-refractivity contribution is -0.118. The number of hydrogen-bond donors (Lipinski definition) is 4. The zero-order valence-electron chi connectivity index (χ0n) is 18.3. The molecule has 9 heteroatoms. The first-order chi connectivity index (χ1) is 16.2. The number of nitrogens with one attached hydrogen (secondary N) is 3. The second kappa shape index (κ2) is 11.4. The first kappa shape index (κ1) is 22.7. The van der Waals surface area contributed by atoms with Crippen LogP contribution in [-0.2, 0) is 9.53 Å². The second-order valence-corrected chi connectivity index (χ2v) is 7.71. The molecule has 1 aliphatic heterocycles. The third-order valence-corrected chi connectivity index (χ3v) is 5.21. The molecular formula is C24H28N6O3. The molecule has 33 heavy (non-hydrogen) atoms. The maximum Gasteiger partial charge on any atom is 0.238 e. The van der Waals surface area contributed by atoms with Gasteiger partial charge in [0.2, 0.25) is 11.9 Å². The molecule has 1 amide bonds. The Morgan fingerprint density at radius 1 is 1.03 bits per heavy atom. The summed E-state index contributed by atoms with van der Waals surface area (Å²) in [5.41, 5.74) is 2.36. The summed E-state index contributed by atoms with van der Waals surface area (Å²) in [7, 11) is 0. The van der Waals surface area contributed by atoms with Crippen molar-refractivity contribution < 1.29 is 14.6 Å². The third-order valence-electron chi connectivity index (χ3n) is 5.21. The van der Waals surface area contributed by atoms with Gasteiger partial charge < -0.3 is 25.8 Å². The molecule has 4 N–H and O–H groups in total. The van der Waals surface area contributed by atoms with Crippen molar-refractivity contribution in [1.82, 2.24) is 14.9 Å². The molecule has 172 valence electrons. The molecule has 3 aromatic rings. The van der Waals surface area contributed by atoms with E-state index in [9.17, 15) is 9.90 Å². The average Bonchev–Trinajstić information content (AvgIpc) is 2.85. The lowest BCUT2D eigenvalue weighted by Gasteiger charge is -2.25. The quantitative estimate of drug-likeness (QED) is 0.395. The molecule has 1 aromatic heterocycles. The van der Waals surface area contributed by atoms with Gasteiger partial charge in [0, 0.05) is 37.2 Å². The van der Waals surface area contributed by atoms with Crippen LogP contribution in [-0.4, -0.2) is 65.3 Å². The first-order valence-corrected chi connectivity index (χ1v) is 10.9. The molecule has 0 bridgehead atoms. The van der Waals surface area contributed by atoms with Crippen molar-refractivity contribution in [1.29, 1.82) is 0 Å². The molecule has 1 saturated heterocycles. The summed E-state index contributed by atoms with van der Waals surface area (Å²) in [6, 6.07) is 18.6. The topological polar surface area (TPSA) is 112 Å². The fraction of sp³-hybridized carbons (Fsp3) is 0.292. The lowest BCUT2D eigenvalue weighted by Crippen LogP contribution is -2.41. The zero-order valence-corrected chi connectivity index (χ0v) is 18.3. The molecule has 2 heterocycles. The molecule has 1 fully saturated rings. The van der Waals surface area contributed by atoms with E-state index in [2.05, 4.69) is 30.8 Å². The molecule has 9 nitrogen and oxygen atoms in total. The standard InChI is InChI=1S/C24H28N6O3/c31-21(18-4-2-1-3-5-18)16-26-22-10-11-25-24(29-22)28-20-8-6-19(7-9-20)27-23(32)17-30-12-14-33-15-13-30/h1-11,21,31H,12-17H2,(H,27,32)(H2,25,26,28,29). The van der Waals surface area contributed by atoms with Crippen LogP contribution in [0.25, 0.3) is 0 Å². The van der Waals surface area contributed by atoms with Crippen molar-refractivity contribution in [2.45, 2.75) is 6.10 Å². The Kier molecular flexibility index (Phi) is 7.81. The zero-order chi connectivity index (χ0) is 22.9. The van der Waals surface area contributed by atoms with Gasteiger partial charge in [-0.2, -0.15) is 4.98 Å². The minimum Gasteiger partial charge on any atom is -0.387 e. The van der Waals surface area contributed by atoms with E-state index in [4.69, 9.17) is 4.74 Å². The highest BCUT2D eigenvalue weighted by molar-refractivity contribution is 5.92. The number of rotatable bonds is 9. The molecule has 0 radical (unpaired) electrons. The van der Waals surface area contributed by atoms with Crippen LogP contribution in [0.2, 0.25) is 0 Å². The van der Waals surface area contributed by atoms with Crippen molar-refractivity contribution in [3.8, 4) is 0 Å². The van der Waals surface area contributed by atoms with E-state index in [1.54, 1.807) is 12.3 Å². The summed E-state index contributed by atoms with van der Waals surface area (Å²) in [6.07, 6.45) is 1.01. The predicted octanol–water partition coefficient (Wildman–Crippen LogP) is 2.64. The Balaban J connectivity index is 1.27. The Bertz CT molecular complexity index is 1030. The van der Waals surface area contributed by atoms with Gasteiger partial charge in [0.05, 0.1) is 25.9 Å². The van der Waals surface area contributed by atoms with Crippen LogP contribution >= 0.6 is 0 Å². The van der Waals surface area contributed by atoms with E-state index >= 15 is 0 Å². The summed E-state index contributed by atoms with van der Waals surface area (Å²) in [4.78, 5) is 23.0. The van der Waals surface area contributed by atoms with E-state index in [1.807, 2.05) is 54.6 Å². The number of aromatic nitrogens is 2. The maximum absolute atomic E-state index is 12.2. The third kappa shape index (κ3) is 6.98. The van der Waals surface area contributed by atoms with Crippen LogP contribution in [0.5, 0.6) is 0 Å². The van der Waals surface area contributed by atoms with E-state index in [0.29, 0.717) is 38.1 Å². The number of carbonyl (C=O) groups excluding carboxylic acids is 1. The number of amides is 1. The van der Waals surface area contributed by atoms with Crippen molar-refractivity contribution in [2.24, 2.45) is 0 Å². The largest absolute Gasteiger partial charge is 0.387 e. The fourth-order valence-electron chi connectivity index (χ4n) is 3.44. The fourth-order valence-corrected chi connectivity index (χ4v) is 3.44. The molecule has 1 aliphatic rings. The molecule has 1 unspecified atom stereocenters. The Hall–Kier alpha value is -3.53. The molecule has 4 rings (SSSR count). The molecule has 0 aliphatic carbocycles. The van der Waals surface area contributed by atoms with Gasteiger partial charge in [-0.1, -0.05) is 30.3 Å². The Morgan fingerprint density at radius 2 is 1.76 bits per heavy atom. The smallest absolute Gasteiger partial charge is 0.238 e. The van der Waals surface area contributed by atoms with Gasteiger partial charge >= 0.3 is 0 Å². The number of hydrogen-bond acceptors (Lipinski definition) is 8. The first-order valence-electron chi connectivity index (χ1n) is 10.9. The van der Waals surface area contributed by atoms with E-state index in [1.165, 1.54) is 0 Å². The van der Waals surface area contributed by atoms with Crippen LogP contribution in [0, 0.1) is 0 Å². The highest BCUT2D eigenvalue weighted by Gasteiger charge is 2.14. The maximum atomic E-state index is 12.2. The molecule has 0 saturated carbocycles. The average molecular weight is 449 g/mol. The summed E-state index contributed by atoms with van der Waals surface area (Å²) in [5, 5.41) is 19.5. The number of ether oxygens (including phenoxy) is 1. The van der Waals surface area contributed by atoms with Crippen LogP contribution < -0.4 is 16.0 Å². The second-order valence-electron chi connectivity index (χ2n) is 7.71. The van der Waals surface area contributed by atoms with Crippen molar-refractivity contribution >= 4 is 29.0 Å². The normalized spacial score (nSPS) is 14.9. The number of aliphatic hydroxyl groups excluding tert-OH is 1. The highest BCUT2D eigenvalue weighted by atomic mass is 16.5. The summed E-state index contributed by atoms with van der Waals surface area (Å²) < 4.78 is 5.31. The van der Waals surface area contributed by atoms with Crippen molar-refractivity contribution in [2.75, 3.05) is 55.3 Å². The molecular weight excluding hydrogens is 420 g/mol. The van der Waals surface area contributed by atoms with Gasteiger partial charge in [0.15, 0.2) is 0 Å². The van der Waals surface area contributed by atoms with Crippen molar-refractivity contribution in [3.05, 3.63) is 72.4 Å². The van der Waals surface area contributed by atoms with Crippen LogP contribution in [0.4, 0.5) is 23.1 Å². The van der Waals surface area contributed by atoms with Gasteiger partial charge in [0.25, 0.3) is 0 Å². The van der Waals surface area contributed by atoms with E-state index < -0.39 is 6.10 Å². The van der Waals surface area contributed by atoms with Crippen LogP contribution in [0.15, 0.2) is 66.9 Å². The summed E-state index contributed by atoms with van der Waals surface area (Å²) >= 11 is 0. The number of carbonyl (C=O) groups is 1. The van der Waals surface area contributed by atoms with Crippen molar-refractivity contribution in [3.63, 3.8) is 0 Å². The Labute approximate surface area is 192 Å². The monoisotopic (exact) mass is 448 g/mol. The van der Waals surface area contributed by atoms with Crippen LogP contribution in [0.3, 0.4) is 0 Å². The lowest BCUT2D eigenvalue weighted by atomic mass is 10.1. The van der Waals surface area contributed by atoms with Gasteiger partial charge in [-0.3, -0.25) is 9.69 Å². The SMILES string of the molecule is O=C(CN1CCOCC1)Nc1ccc(Nc2nccc(NCC(O)c3ccccc3)n2)cc1.